The lowest BCUT2D eigenvalue weighted by Gasteiger charge is -2.31. The Bertz CT molecular complexity index is 869. The number of aliphatic hydroxyl groups is 1. The third kappa shape index (κ3) is 3.58. The van der Waals surface area contributed by atoms with Crippen molar-refractivity contribution in [2.75, 3.05) is 0 Å². The smallest absolute Gasteiger partial charge is 0.365 e. The van der Waals surface area contributed by atoms with Crippen LogP contribution in [0, 0.1) is 3.57 Å². The Morgan fingerprint density at radius 1 is 1.15 bits per heavy atom. The molecule has 2 aromatic rings. The number of carbonyl (C=O) groups excluding carboxylic acids is 1. The highest BCUT2D eigenvalue weighted by molar-refractivity contribution is 14.1. The molecule has 0 saturated heterocycles. The first-order chi connectivity index (χ1) is 12.1. The number of halogens is 5. The van der Waals surface area contributed by atoms with Gasteiger partial charge >= 0.3 is 6.18 Å². The van der Waals surface area contributed by atoms with E-state index in [1.54, 1.807) is 12.1 Å². The Labute approximate surface area is 165 Å². The summed E-state index contributed by atoms with van der Waals surface area (Å²) < 4.78 is 40.4. The highest BCUT2D eigenvalue weighted by atomic mass is 127. The number of hydrazone groups is 1. The first-order valence-electron chi connectivity index (χ1n) is 7.34. The molecular weight excluding hydrogens is 484 g/mol. The van der Waals surface area contributed by atoms with Gasteiger partial charge in [0.15, 0.2) is 5.72 Å². The lowest BCUT2D eigenvalue weighted by Crippen LogP contribution is -2.43. The van der Waals surface area contributed by atoms with Crippen LogP contribution >= 0.6 is 34.2 Å². The minimum absolute atomic E-state index is 0.0868. The number of benzene rings is 2. The molecule has 2 aromatic carbocycles. The van der Waals surface area contributed by atoms with Crippen LogP contribution in [0.5, 0.6) is 0 Å². The van der Waals surface area contributed by atoms with Gasteiger partial charge in [-0.2, -0.15) is 23.3 Å². The van der Waals surface area contributed by atoms with Gasteiger partial charge in [0.2, 0.25) is 0 Å². The lowest BCUT2D eigenvalue weighted by molar-refractivity contribution is -0.0816. The monoisotopic (exact) mass is 494 g/mol. The van der Waals surface area contributed by atoms with Gasteiger partial charge in [-0.15, -0.1) is 0 Å². The Morgan fingerprint density at radius 2 is 1.73 bits per heavy atom. The van der Waals surface area contributed by atoms with Crippen molar-refractivity contribution in [1.82, 2.24) is 5.01 Å². The van der Waals surface area contributed by atoms with Gasteiger partial charge in [0.1, 0.15) is 5.71 Å². The molecule has 0 bridgehead atoms. The van der Waals surface area contributed by atoms with E-state index in [9.17, 15) is 23.1 Å². The molecular formula is C17H11ClF3IN2O2. The molecule has 9 heteroatoms. The Morgan fingerprint density at radius 3 is 2.27 bits per heavy atom. The molecule has 0 fully saturated rings. The quantitative estimate of drug-likeness (QED) is 0.623. The molecule has 0 saturated carbocycles. The molecule has 1 amide bonds. The first-order valence-corrected chi connectivity index (χ1v) is 8.80. The van der Waals surface area contributed by atoms with E-state index in [1.807, 2.05) is 22.6 Å². The van der Waals surface area contributed by atoms with Gasteiger partial charge in [0, 0.05) is 19.7 Å². The van der Waals surface area contributed by atoms with Crippen LogP contribution in [0.4, 0.5) is 13.2 Å². The van der Waals surface area contributed by atoms with E-state index in [4.69, 9.17) is 11.6 Å². The molecule has 0 unspecified atom stereocenters. The zero-order chi connectivity index (χ0) is 19.1. The summed E-state index contributed by atoms with van der Waals surface area (Å²) in [7, 11) is 0. The molecule has 0 spiro atoms. The summed E-state index contributed by atoms with van der Waals surface area (Å²) in [5, 5.41) is 15.2. The fourth-order valence-corrected chi connectivity index (χ4v) is 3.06. The van der Waals surface area contributed by atoms with Crippen molar-refractivity contribution in [2.45, 2.75) is 18.3 Å². The number of amides is 1. The number of hydrogen-bond donors (Lipinski definition) is 1. The standard InChI is InChI=1S/C17H11ClF3IN2O2/c18-12-5-3-11(4-6-12)16(26)9-14(17(19,20)21)23-24(16)15(25)10-1-7-13(22)8-2-10/h1-8,26H,9H2/t16-/m0/s1. The molecule has 1 atom stereocenters. The van der Waals surface area contributed by atoms with Gasteiger partial charge < -0.3 is 5.11 Å². The molecule has 4 nitrogen and oxygen atoms in total. The summed E-state index contributed by atoms with van der Waals surface area (Å²) in [5.41, 5.74) is -3.28. The molecule has 1 aliphatic rings. The molecule has 1 heterocycles. The van der Waals surface area contributed by atoms with Crippen molar-refractivity contribution >= 4 is 45.8 Å². The fourth-order valence-electron chi connectivity index (χ4n) is 2.57. The highest BCUT2D eigenvalue weighted by Crippen LogP contribution is 2.40. The van der Waals surface area contributed by atoms with Gasteiger partial charge in [0.05, 0.1) is 6.42 Å². The van der Waals surface area contributed by atoms with Gasteiger partial charge in [-0.1, -0.05) is 23.7 Å². The zero-order valence-corrected chi connectivity index (χ0v) is 15.9. The predicted molar refractivity (Wildman–Crippen MR) is 98.8 cm³/mol. The fraction of sp³-hybridized carbons (Fsp3) is 0.176. The average Bonchev–Trinajstić information content (AvgIpc) is 2.94. The normalized spacial score (nSPS) is 20.2. The molecule has 1 N–H and O–H groups in total. The van der Waals surface area contributed by atoms with Gasteiger partial charge in [-0.3, -0.25) is 4.79 Å². The molecule has 0 radical (unpaired) electrons. The van der Waals surface area contributed by atoms with Crippen molar-refractivity contribution in [2.24, 2.45) is 5.10 Å². The average molecular weight is 495 g/mol. The summed E-state index contributed by atoms with van der Waals surface area (Å²) >= 11 is 7.84. The SMILES string of the molecule is O=C(c1ccc(I)cc1)N1N=C(C(F)(F)F)C[C@]1(O)c1ccc(Cl)cc1. The number of alkyl halides is 3. The van der Waals surface area contributed by atoms with Crippen molar-refractivity contribution < 1.29 is 23.1 Å². The second kappa shape index (κ2) is 6.82. The summed E-state index contributed by atoms with van der Waals surface area (Å²) in [5.74, 6) is -0.835. The summed E-state index contributed by atoms with van der Waals surface area (Å²) in [4.78, 5) is 12.7. The van der Waals surface area contributed by atoms with Crippen molar-refractivity contribution in [3.05, 3.63) is 68.3 Å². The van der Waals surface area contributed by atoms with Crippen LogP contribution in [-0.4, -0.2) is 27.9 Å². The third-order valence-electron chi connectivity index (χ3n) is 3.90. The topological polar surface area (TPSA) is 52.9 Å². The third-order valence-corrected chi connectivity index (χ3v) is 4.87. The van der Waals surface area contributed by atoms with Crippen LogP contribution in [0.15, 0.2) is 53.6 Å². The summed E-state index contributed by atoms with van der Waals surface area (Å²) in [6, 6.07) is 11.8. The van der Waals surface area contributed by atoms with Crippen LogP contribution in [0.2, 0.25) is 5.02 Å². The van der Waals surface area contributed by atoms with Gasteiger partial charge in [0.25, 0.3) is 5.91 Å². The molecule has 136 valence electrons. The maximum atomic E-state index is 13.2. The van der Waals surface area contributed by atoms with E-state index in [1.165, 1.54) is 36.4 Å². The van der Waals surface area contributed by atoms with Gasteiger partial charge in [-0.05, 0) is 59.0 Å². The Balaban J connectivity index is 2.06. The molecule has 0 aromatic heterocycles. The van der Waals surface area contributed by atoms with Crippen molar-refractivity contribution in [3.8, 4) is 0 Å². The number of hydrogen-bond acceptors (Lipinski definition) is 3. The Hall–Kier alpha value is -1.65. The van der Waals surface area contributed by atoms with Crippen LogP contribution in [0.1, 0.15) is 22.3 Å². The predicted octanol–water partition coefficient (Wildman–Crippen LogP) is 4.55. The van der Waals surface area contributed by atoms with Crippen LogP contribution in [0.25, 0.3) is 0 Å². The van der Waals surface area contributed by atoms with Crippen LogP contribution in [-0.2, 0) is 5.72 Å². The number of carbonyl (C=O) groups is 1. The zero-order valence-electron chi connectivity index (χ0n) is 13.0. The highest BCUT2D eigenvalue weighted by Gasteiger charge is 2.53. The molecule has 26 heavy (non-hydrogen) atoms. The second-order valence-corrected chi connectivity index (χ2v) is 7.35. The van der Waals surface area contributed by atoms with Crippen molar-refractivity contribution in [1.29, 1.82) is 0 Å². The molecule has 1 aliphatic heterocycles. The van der Waals surface area contributed by atoms with E-state index in [0.717, 1.165) is 3.57 Å². The van der Waals surface area contributed by atoms with E-state index in [0.29, 0.717) is 10.0 Å². The van der Waals surface area contributed by atoms with Crippen LogP contribution < -0.4 is 0 Å². The summed E-state index contributed by atoms with van der Waals surface area (Å²) in [6.45, 7) is 0. The summed E-state index contributed by atoms with van der Waals surface area (Å²) in [6.07, 6.45) is -5.63. The van der Waals surface area contributed by atoms with E-state index in [-0.39, 0.29) is 11.1 Å². The largest absolute Gasteiger partial charge is 0.431 e. The maximum Gasteiger partial charge on any atom is 0.431 e. The molecule has 0 aliphatic carbocycles. The Kier molecular flexibility index (Phi) is 5.02. The minimum Gasteiger partial charge on any atom is -0.365 e. The molecule has 3 rings (SSSR count). The van der Waals surface area contributed by atoms with E-state index < -0.39 is 29.9 Å². The minimum atomic E-state index is -4.76. The van der Waals surface area contributed by atoms with Crippen LogP contribution in [0.3, 0.4) is 0 Å². The number of rotatable bonds is 2. The number of nitrogens with zero attached hydrogens (tertiary/aromatic N) is 2. The second-order valence-electron chi connectivity index (χ2n) is 5.67. The lowest BCUT2D eigenvalue weighted by atomic mass is 9.96. The first kappa shape index (κ1) is 19.1. The maximum absolute atomic E-state index is 13.2. The van der Waals surface area contributed by atoms with Crippen molar-refractivity contribution in [3.63, 3.8) is 0 Å². The van der Waals surface area contributed by atoms with Gasteiger partial charge in [-0.25, -0.2) is 0 Å². The van der Waals surface area contributed by atoms with E-state index in [2.05, 4.69) is 5.10 Å². The van der Waals surface area contributed by atoms with E-state index >= 15 is 0 Å².